The minimum absolute atomic E-state index is 0.0816. The van der Waals surface area contributed by atoms with Crippen LogP contribution in [-0.2, 0) is 15.7 Å². The van der Waals surface area contributed by atoms with E-state index in [9.17, 15) is 18.0 Å². The van der Waals surface area contributed by atoms with E-state index in [1.54, 1.807) is 28.5 Å². The molecule has 0 aromatic carbocycles. The molecule has 3 aromatic rings. The summed E-state index contributed by atoms with van der Waals surface area (Å²) in [6.07, 6.45) is -1.96. The second-order valence-electron chi connectivity index (χ2n) is 7.18. The molecule has 4 heterocycles. The van der Waals surface area contributed by atoms with E-state index in [2.05, 4.69) is 10.1 Å². The van der Waals surface area contributed by atoms with Gasteiger partial charge in [0, 0.05) is 19.7 Å². The Morgan fingerprint density at radius 3 is 2.87 bits per heavy atom. The minimum atomic E-state index is -4.59. The van der Waals surface area contributed by atoms with Crippen LogP contribution in [0.15, 0.2) is 29.6 Å². The smallest absolute Gasteiger partial charge is 0.384 e. The summed E-state index contributed by atoms with van der Waals surface area (Å²) in [6.45, 7) is 0.859. The van der Waals surface area contributed by atoms with Crippen LogP contribution in [0, 0.1) is 0 Å². The number of halogens is 3. The van der Waals surface area contributed by atoms with Crippen LogP contribution in [-0.4, -0.2) is 45.7 Å². The van der Waals surface area contributed by atoms with Crippen molar-refractivity contribution < 1.29 is 22.7 Å². The number of ether oxygens (including phenoxy) is 1. The van der Waals surface area contributed by atoms with Gasteiger partial charge in [0.2, 0.25) is 5.91 Å². The molecule has 30 heavy (non-hydrogen) atoms. The lowest BCUT2D eigenvalue weighted by Gasteiger charge is -2.34. The molecule has 160 valence electrons. The van der Waals surface area contributed by atoms with E-state index in [4.69, 9.17) is 4.74 Å². The SMILES string of the molecule is COCCC(=O)N1CCCC[C@H]1c1cc2nc(-c3cccs3)cc(C(F)(F)F)n2n1. The molecule has 1 aliphatic heterocycles. The number of hydrogen-bond acceptors (Lipinski definition) is 5. The monoisotopic (exact) mass is 438 g/mol. The molecule has 0 aliphatic carbocycles. The standard InChI is InChI=1S/C20H21F3N4O2S/c1-29-9-7-19(28)26-8-3-2-5-15(26)13-12-18-24-14(16-6-4-10-30-16)11-17(20(21,22)23)27(18)25-13/h4,6,10-12,15H,2-3,5,7-9H2,1H3/t15-/m0/s1. The van der Waals surface area contributed by atoms with Crippen molar-refractivity contribution in [3.63, 3.8) is 0 Å². The Morgan fingerprint density at radius 1 is 1.33 bits per heavy atom. The van der Waals surface area contributed by atoms with E-state index in [0.717, 1.165) is 23.4 Å². The molecule has 0 unspecified atom stereocenters. The molecular formula is C20H21F3N4O2S. The van der Waals surface area contributed by atoms with Crippen molar-refractivity contribution in [3.8, 4) is 10.6 Å². The minimum Gasteiger partial charge on any atom is -0.384 e. The summed E-state index contributed by atoms with van der Waals surface area (Å²) in [5.41, 5.74) is -0.0666. The summed E-state index contributed by atoms with van der Waals surface area (Å²) in [6, 6.07) is 5.73. The van der Waals surface area contributed by atoms with Crippen LogP contribution in [0.1, 0.15) is 43.1 Å². The summed E-state index contributed by atoms with van der Waals surface area (Å²) in [5.74, 6) is -0.0816. The Bertz CT molecular complexity index is 1030. The molecule has 0 saturated carbocycles. The second kappa shape index (κ2) is 8.35. The number of piperidine rings is 1. The van der Waals surface area contributed by atoms with Gasteiger partial charge in [-0.25, -0.2) is 9.50 Å². The number of nitrogens with zero attached hydrogens (tertiary/aromatic N) is 4. The van der Waals surface area contributed by atoms with Crippen molar-refractivity contribution in [2.24, 2.45) is 0 Å². The largest absolute Gasteiger partial charge is 0.433 e. The molecule has 1 aliphatic rings. The van der Waals surface area contributed by atoms with Crippen molar-refractivity contribution >= 4 is 22.9 Å². The molecule has 1 amide bonds. The molecule has 0 bridgehead atoms. The maximum absolute atomic E-state index is 13.8. The third-order valence-electron chi connectivity index (χ3n) is 5.19. The Kier molecular flexibility index (Phi) is 5.79. The van der Waals surface area contributed by atoms with Crippen LogP contribution < -0.4 is 0 Å². The van der Waals surface area contributed by atoms with Crippen molar-refractivity contribution in [1.82, 2.24) is 19.5 Å². The molecule has 0 N–H and O–H groups in total. The van der Waals surface area contributed by atoms with Crippen LogP contribution >= 0.6 is 11.3 Å². The number of carbonyl (C=O) groups is 1. The van der Waals surface area contributed by atoms with Crippen molar-refractivity contribution in [2.75, 3.05) is 20.3 Å². The normalized spacial score (nSPS) is 17.6. The fourth-order valence-corrected chi connectivity index (χ4v) is 4.46. The number of aromatic nitrogens is 3. The van der Waals surface area contributed by atoms with Crippen LogP contribution in [0.5, 0.6) is 0 Å². The predicted molar refractivity (Wildman–Crippen MR) is 106 cm³/mol. The van der Waals surface area contributed by atoms with E-state index >= 15 is 0 Å². The third-order valence-corrected chi connectivity index (χ3v) is 6.09. The van der Waals surface area contributed by atoms with Gasteiger partial charge in [0.1, 0.15) is 0 Å². The van der Waals surface area contributed by atoms with Crippen molar-refractivity contribution in [2.45, 2.75) is 37.9 Å². The van der Waals surface area contributed by atoms with Gasteiger partial charge in [0.15, 0.2) is 11.3 Å². The highest BCUT2D eigenvalue weighted by Crippen LogP contribution is 2.36. The fourth-order valence-electron chi connectivity index (χ4n) is 3.78. The molecule has 1 atom stereocenters. The average Bonchev–Trinajstić information content (AvgIpc) is 3.40. The van der Waals surface area contributed by atoms with Gasteiger partial charge in [0.25, 0.3) is 0 Å². The van der Waals surface area contributed by atoms with E-state index in [0.29, 0.717) is 30.1 Å². The number of amides is 1. The van der Waals surface area contributed by atoms with Gasteiger partial charge in [-0.3, -0.25) is 4.79 Å². The number of carbonyl (C=O) groups excluding carboxylic acids is 1. The first-order valence-corrected chi connectivity index (χ1v) is 10.6. The Morgan fingerprint density at radius 2 is 2.17 bits per heavy atom. The van der Waals surface area contributed by atoms with Crippen LogP contribution in [0.2, 0.25) is 0 Å². The molecule has 4 rings (SSSR count). The first-order valence-electron chi connectivity index (χ1n) is 9.68. The maximum Gasteiger partial charge on any atom is 0.433 e. The lowest BCUT2D eigenvalue weighted by molar-refractivity contribution is -0.143. The highest BCUT2D eigenvalue weighted by atomic mass is 32.1. The Labute approximate surface area is 175 Å². The second-order valence-corrected chi connectivity index (χ2v) is 8.13. The highest BCUT2D eigenvalue weighted by molar-refractivity contribution is 7.13. The summed E-state index contributed by atoms with van der Waals surface area (Å²) in [5, 5.41) is 6.04. The van der Waals surface area contributed by atoms with E-state index in [-0.39, 0.29) is 29.7 Å². The number of hydrogen-bond donors (Lipinski definition) is 0. The Balaban J connectivity index is 1.77. The molecular weight excluding hydrogens is 417 g/mol. The van der Waals surface area contributed by atoms with E-state index in [1.807, 2.05) is 0 Å². The molecule has 0 radical (unpaired) electrons. The molecule has 3 aromatic heterocycles. The number of alkyl halides is 3. The Hall–Kier alpha value is -2.46. The van der Waals surface area contributed by atoms with Gasteiger partial charge in [-0.1, -0.05) is 6.07 Å². The van der Waals surface area contributed by atoms with E-state index < -0.39 is 11.9 Å². The average molecular weight is 438 g/mol. The van der Waals surface area contributed by atoms with Crippen LogP contribution in [0.3, 0.4) is 0 Å². The first-order chi connectivity index (χ1) is 14.4. The van der Waals surface area contributed by atoms with Crippen LogP contribution in [0.25, 0.3) is 16.2 Å². The maximum atomic E-state index is 13.8. The quantitative estimate of drug-likeness (QED) is 0.586. The predicted octanol–water partition coefficient (Wildman–Crippen LogP) is 4.57. The molecule has 1 fully saturated rings. The van der Waals surface area contributed by atoms with E-state index in [1.165, 1.54) is 18.4 Å². The fraction of sp³-hybridized carbons (Fsp3) is 0.450. The topological polar surface area (TPSA) is 59.7 Å². The zero-order chi connectivity index (χ0) is 21.3. The lowest BCUT2D eigenvalue weighted by Crippen LogP contribution is -2.39. The van der Waals surface area contributed by atoms with Crippen LogP contribution in [0.4, 0.5) is 13.2 Å². The lowest BCUT2D eigenvalue weighted by atomic mass is 9.99. The van der Waals surface area contributed by atoms with Crippen molar-refractivity contribution in [1.29, 1.82) is 0 Å². The number of thiophene rings is 1. The summed E-state index contributed by atoms with van der Waals surface area (Å²) in [4.78, 5) is 19.4. The molecule has 10 heteroatoms. The van der Waals surface area contributed by atoms with Gasteiger partial charge in [-0.05, 0) is 36.8 Å². The first kappa shape index (κ1) is 20.8. The number of rotatable bonds is 5. The summed E-state index contributed by atoms with van der Waals surface area (Å²) >= 11 is 1.33. The molecule has 6 nitrogen and oxygen atoms in total. The highest BCUT2D eigenvalue weighted by Gasteiger charge is 2.36. The summed E-state index contributed by atoms with van der Waals surface area (Å²) < 4.78 is 47.2. The van der Waals surface area contributed by atoms with Gasteiger partial charge in [-0.15, -0.1) is 11.3 Å². The van der Waals surface area contributed by atoms with Gasteiger partial charge >= 0.3 is 6.18 Å². The van der Waals surface area contributed by atoms with Gasteiger partial charge in [-0.2, -0.15) is 18.3 Å². The third kappa shape index (κ3) is 4.06. The number of fused-ring (bicyclic) bond motifs is 1. The molecule has 1 saturated heterocycles. The zero-order valence-electron chi connectivity index (χ0n) is 16.4. The molecule has 0 spiro atoms. The van der Waals surface area contributed by atoms with Gasteiger partial charge in [0.05, 0.1) is 35.3 Å². The van der Waals surface area contributed by atoms with Crippen molar-refractivity contribution in [3.05, 3.63) is 41.0 Å². The zero-order valence-corrected chi connectivity index (χ0v) is 17.2. The van der Waals surface area contributed by atoms with Gasteiger partial charge < -0.3 is 9.64 Å². The summed E-state index contributed by atoms with van der Waals surface area (Å²) in [7, 11) is 1.53. The number of likely N-dealkylation sites (tertiary alicyclic amines) is 1. The number of methoxy groups -OCH3 is 1.